The summed E-state index contributed by atoms with van der Waals surface area (Å²) in [5, 5.41) is 1.61. The molecule has 0 heterocycles. The topological polar surface area (TPSA) is 52.6 Å². The summed E-state index contributed by atoms with van der Waals surface area (Å²) in [4.78, 5) is 24.2. The Morgan fingerprint density at radius 3 is 2.00 bits per heavy atom. The van der Waals surface area contributed by atoms with E-state index in [1.54, 1.807) is 6.07 Å². The number of ether oxygens (including phenoxy) is 2. The van der Waals surface area contributed by atoms with Crippen molar-refractivity contribution in [3.8, 4) is 11.5 Å². The maximum atomic E-state index is 12.1. The molecule has 2 rings (SSSR count). The van der Waals surface area contributed by atoms with Crippen LogP contribution in [-0.4, -0.2) is 11.9 Å². The second kappa shape index (κ2) is 10.9. The van der Waals surface area contributed by atoms with Gasteiger partial charge in [0.25, 0.3) is 0 Å². The van der Waals surface area contributed by atoms with Gasteiger partial charge in [0.1, 0.15) is 5.75 Å². The number of rotatable bonds is 10. The van der Waals surface area contributed by atoms with Crippen LogP contribution in [0.15, 0.2) is 30.3 Å². The Morgan fingerprint density at radius 2 is 1.41 bits per heavy atom. The monoisotopic (exact) mass is 390 g/mol. The van der Waals surface area contributed by atoms with Crippen molar-refractivity contribution in [2.75, 3.05) is 0 Å². The van der Waals surface area contributed by atoms with E-state index in [9.17, 15) is 9.59 Å². The Morgan fingerprint density at radius 1 is 0.852 bits per heavy atom. The number of benzene rings is 2. The molecule has 0 aliphatic rings. The summed E-state index contributed by atoms with van der Waals surface area (Å²) < 4.78 is 11.1. The van der Waals surface area contributed by atoms with Gasteiger partial charge in [-0.25, -0.2) is 0 Å². The molecule has 0 aliphatic heterocycles. The summed E-state index contributed by atoms with van der Waals surface area (Å²) in [7, 11) is 0. The van der Waals surface area contributed by atoms with Crippen LogP contribution in [0.25, 0.3) is 10.8 Å². The van der Waals surface area contributed by atoms with Crippen LogP contribution in [0.2, 0.25) is 5.02 Å². The fourth-order valence-corrected chi connectivity index (χ4v) is 3.09. The van der Waals surface area contributed by atoms with E-state index in [2.05, 4.69) is 13.8 Å². The van der Waals surface area contributed by atoms with Crippen molar-refractivity contribution in [3.05, 3.63) is 35.4 Å². The summed E-state index contributed by atoms with van der Waals surface area (Å²) >= 11 is 6.36. The van der Waals surface area contributed by atoms with Crippen LogP contribution in [0.4, 0.5) is 0 Å². The van der Waals surface area contributed by atoms with Crippen LogP contribution in [0.3, 0.4) is 0 Å². The highest BCUT2D eigenvalue weighted by Crippen LogP contribution is 2.40. The molecule has 0 aliphatic carbocycles. The first-order valence-electron chi connectivity index (χ1n) is 9.69. The minimum Gasteiger partial charge on any atom is -0.426 e. The van der Waals surface area contributed by atoms with Crippen molar-refractivity contribution in [2.45, 2.75) is 65.2 Å². The molecule has 2 aromatic carbocycles. The molecule has 0 unspecified atom stereocenters. The normalized spacial score (nSPS) is 10.8. The Balaban J connectivity index is 2.22. The molecule has 0 saturated carbocycles. The lowest BCUT2D eigenvalue weighted by atomic mass is 10.1. The highest BCUT2D eigenvalue weighted by atomic mass is 35.5. The number of carbonyl (C=O) groups excluding carboxylic acids is 2. The van der Waals surface area contributed by atoms with Crippen LogP contribution in [-0.2, 0) is 9.59 Å². The zero-order chi connectivity index (χ0) is 19.6. The van der Waals surface area contributed by atoms with Crippen molar-refractivity contribution in [3.63, 3.8) is 0 Å². The molecule has 0 N–H and O–H groups in total. The molecule has 0 amide bonds. The quantitative estimate of drug-likeness (QED) is 0.265. The summed E-state index contributed by atoms with van der Waals surface area (Å²) in [5.41, 5.74) is 0. The van der Waals surface area contributed by atoms with Gasteiger partial charge in [-0.05, 0) is 12.8 Å². The van der Waals surface area contributed by atoms with Gasteiger partial charge in [-0.2, -0.15) is 0 Å². The van der Waals surface area contributed by atoms with Crippen LogP contribution >= 0.6 is 11.6 Å². The minimum atomic E-state index is -0.306. The Kier molecular flexibility index (Phi) is 8.59. The van der Waals surface area contributed by atoms with E-state index >= 15 is 0 Å². The number of esters is 2. The molecule has 0 aromatic heterocycles. The smallest absolute Gasteiger partial charge is 0.311 e. The average molecular weight is 391 g/mol. The third-order valence-electron chi connectivity index (χ3n) is 4.32. The van der Waals surface area contributed by atoms with Gasteiger partial charge < -0.3 is 9.47 Å². The first-order chi connectivity index (χ1) is 13.1. The maximum Gasteiger partial charge on any atom is 0.311 e. The highest BCUT2D eigenvalue weighted by Gasteiger charge is 2.17. The molecular formula is C22H27ClO4. The van der Waals surface area contributed by atoms with Crippen LogP contribution in [0.5, 0.6) is 11.5 Å². The molecule has 0 radical (unpaired) electrons. The van der Waals surface area contributed by atoms with E-state index in [-0.39, 0.29) is 17.0 Å². The number of halogens is 1. The standard InChI is InChI=1S/C22H27ClO4/c1-3-5-7-13-20(24)26-19-15-18(23)22(17-12-10-9-11-16(17)19)27-21(25)14-8-6-4-2/h9-12,15H,3-8,13-14H2,1-2H3. The summed E-state index contributed by atoms with van der Waals surface area (Å²) in [6.45, 7) is 4.17. The van der Waals surface area contributed by atoms with Gasteiger partial charge in [0.05, 0.1) is 5.02 Å². The molecule has 0 bridgehead atoms. The molecule has 5 heteroatoms. The van der Waals surface area contributed by atoms with E-state index in [1.165, 1.54) is 0 Å². The number of unbranched alkanes of at least 4 members (excludes halogenated alkanes) is 4. The Labute approximate surface area is 165 Å². The fourth-order valence-electron chi connectivity index (χ4n) is 2.85. The van der Waals surface area contributed by atoms with Gasteiger partial charge in [-0.1, -0.05) is 75.4 Å². The fraction of sp³-hybridized carbons (Fsp3) is 0.455. The predicted molar refractivity (Wildman–Crippen MR) is 109 cm³/mol. The van der Waals surface area contributed by atoms with Crippen LogP contribution < -0.4 is 9.47 Å². The van der Waals surface area contributed by atoms with Crippen LogP contribution in [0, 0.1) is 0 Å². The van der Waals surface area contributed by atoms with Gasteiger partial charge in [0, 0.05) is 29.7 Å². The molecule has 2 aromatic rings. The SMILES string of the molecule is CCCCCC(=O)Oc1cc(Cl)c(OC(=O)CCCCC)c2ccccc12. The number of hydrogen-bond acceptors (Lipinski definition) is 4. The van der Waals surface area contributed by atoms with Gasteiger partial charge >= 0.3 is 11.9 Å². The Bertz CT molecular complexity index is 785. The van der Waals surface area contributed by atoms with E-state index in [0.717, 1.165) is 38.5 Å². The zero-order valence-corrected chi connectivity index (χ0v) is 16.8. The second-order valence-corrected chi connectivity index (χ2v) is 7.00. The lowest BCUT2D eigenvalue weighted by Gasteiger charge is -2.13. The van der Waals surface area contributed by atoms with Crippen LogP contribution in [0.1, 0.15) is 65.2 Å². The molecule has 0 atom stereocenters. The van der Waals surface area contributed by atoms with Crippen molar-refractivity contribution < 1.29 is 19.1 Å². The number of hydrogen-bond donors (Lipinski definition) is 0. The summed E-state index contributed by atoms with van der Waals surface area (Å²) in [6, 6.07) is 8.87. The van der Waals surface area contributed by atoms with E-state index in [1.807, 2.05) is 24.3 Å². The van der Waals surface area contributed by atoms with Crippen molar-refractivity contribution in [1.82, 2.24) is 0 Å². The Hall–Kier alpha value is -2.07. The van der Waals surface area contributed by atoms with Gasteiger partial charge in [-0.15, -0.1) is 0 Å². The summed E-state index contributed by atoms with van der Waals surface area (Å²) in [5.74, 6) is 0.122. The molecule has 146 valence electrons. The van der Waals surface area contributed by atoms with Crippen molar-refractivity contribution in [2.24, 2.45) is 0 Å². The first kappa shape index (κ1) is 21.2. The molecule has 0 saturated heterocycles. The molecule has 27 heavy (non-hydrogen) atoms. The molecular weight excluding hydrogens is 364 g/mol. The average Bonchev–Trinajstić information content (AvgIpc) is 2.65. The minimum absolute atomic E-state index is 0.258. The molecule has 0 spiro atoms. The van der Waals surface area contributed by atoms with Crippen molar-refractivity contribution in [1.29, 1.82) is 0 Å². The number of carbonyl (C=O) groups is 2. The van der Waals surface area contributed by atoms with Gasteiger partial charge in [0.15, 0.2) is 5.75 Å². The van der Waals surface area contributed by atoms with Crippen molar-refractivity contribution >= 4 is 34.3 Å². The van der Waals surface area contributed by atoms with Gasteiger partial charge in [0.2, 0.25) is 0 Å². The number of fused-ring (bicyclic) bond motifs is 1. The first-order valence-corrected chi connectivity index (χ1v) is 10.1. The largest absolute Gasteiger partial charge is 0.426 e. The van der Waals surface area contributed by atoms with E-state index in [0.29, 0.717) is 35.1 Å². The maximum absolute atomic E-state index is 12.1. The van der Waals surface area contributed by atoms with E-state index in [4.69, 9.17) is 21.1 Å². The summed E-state index contributed by atoms with van der Waals surface area (Å²) in [6.07, 6.45) is 6.36. The lowest BCUT2D eigenvalue weighted by molar-refractivity contribution is -0.135. The molecule has 4 nitrogen and oxygen atoms in total. The second-order valence-electron chi connectivity index (χ2n) is 6.59. The lowest BCUT2D eigenvalue weighted by Crippen LogP contribution is -2.10. The third-order valence-corrected chi connectivity index (χ3v) is 4.60. The van der Waals surface area contributed by atoms with E-state index < -0.39 is 0 Å². The zero-order valence-electron chi connectivity index (χ0n) is 16.1. The molecule has 0 fully saturated rings. The third kappa shape index (κ3) is 6.24. The predicted octanol–water partition coefficient (Wildman–Crippen LogP) is 6.46. The van der Waals surface area contributed by atoms with Gasteiger partial charge in [-0.3, -0.25) is 9.59 Å². The highest BCUT2D eigenvalue weighted by molar-refractivity contribution is 6.33.